The molecule has 0 aliphatic carbocycles. The normalized spacial score (nSPS) is 20.6. The van der Waals surface area contributed by atoms with Crippen molar-refractivity contribution in [3.05, 3.63) is 0 Å². The summed E-state index contributed by atoms with van der Waals surface area (Å²) in [6, 6.07) is 0. The fourth-order valence-electron chi connectivity index (χ4n) is 0.656. The lowest BCUT2D eigenvalue weighted by Gasteiger charge is -1.96. The summed E-state index contributed by atoms with van der Waals surface area (Å²) in [5.41, 5.74) is 0.183. The maximum Gasteiger partial charge on any atom is 0.301 e. The number of amides is 1. The monoisotopic (exact) mass is 133 g/mol. The minimum atomic E-state index is -0.404. The third kappa shape index (κ3) is 0.540. The first-order valence-corrected chi connectivity index (χ1v) is 2.56. The quantitative estimate of drug-likeness (QED) is 0.431. The van der Waals surface area contributed by atoms with Crippen LogP contribution >= 0.6 is 0 Å². The summed E-state index contributed by atoms with van der Waals surface area (Å²) in [7, 11) is 0. The lowest BCUT2D eigenvalue weighted by atomic mass is 10.3. The molecule has 1 amide bonds. The molecule has 0 aromatic heterocycles. The summed E-state index contributed by atoms with van der Waals surface area (Å²) >= 11 is 0. The molecule has 0 spiro atoms. The van der Waals surface area contributed by atoms with E-state index in [1.54, 1.807) is 0 Å². The molecule has 47 valence electrons. The van der Waals surface area contributed by atoms with Crippen molar-refractivity contribution in [1.82, 2.24) is 0 Å². The zero-order valence-corrected chi connectivity index (χ0v) is 4.77. The highest BCUT2D eigenvalue weighted by molar-refractivity contribution is 6.70. The Balaban J connectivity index is 2.54. The first-order valence-electron chi connectivity index (χ1n) is 2.56. The van der Waals surface area contributed by atoms with Crippen LogP contribution in [0.1, 0.15) is 0 Å². The summed E-state index contributed by atoms with van der Waals surface area (Å²) < 4.78 is 0. The summed E-state index contributed by atoms with van der Waals surface area (Å²) in [6.07, 6.45) is 3.44. The highest BCUT2D eigenvalue weighted by atomic mass is 16.1. The number of fused-ring (bicyclic) bond motifs is 1. The smallest absolute Gasteiger partial charge is 0.265 e. The number of hydrogen-bond donors (Lipinski definition) is 0. The van der Waals surface area contributed by atoms with Crippen LogP contribution in [0.3, 0.4) is 0 Å². The van der Waals surface area contributed by atoms with Crippen LogP contribution in [-0.2, 0) is 4.79 Å². The molecule has 5 nitrogen and oxygen atoms in total. The third-order valence-corrected chi connectivity index (χ3v) is 1.09. The maximum atomic E-state index is 10.8. The van der Waals surface area contributed by atoms with Crippen LogP contribution in [-0.4, -0.2) is 30.1 Å². The Bertz CT molecular complexity index is 304. The molecule has 0 saturated carbocycles. The third-order valence-electron chi connectivity index (χ3n) is 1.09. The molecule has 0 atom stereocenters. The van der Waals surface area contributed by atoms with Crippen LogP contribution in [0, 0.1) is 0 Å². The predicted octanol–water partition coefficient (Wildman–Crippen LogP) is -0.687. The molecule has 2 aliphatic rings. The lowest BCUT2D eigenvalue weighted by Crippen LogP contribution is -2.21. The highest BCUT2D eigenvalue weighted by Crippen LogP contribution is 1.99. The van der Waals surface area contributed by atoms with Gasteiger partial charge in [0.15, 0.2) is 11.5 Å². The van der Waals surface area contributed by atoms with Gasteiger partial charge in [0, 0.05) is 0 Å². The van der Waals surface area contributed by atoms with Crippen molar-refractivity contribution in [2.75, 3.05) is 0 Å². The molecule has 1 radical (unpaired) electrons. The Hall–Kier alpha value is -1.65. The van der Waals surface area contributed by atoms with E-state index in [1.165, 1.54) is 0 Å². The van der Waals surface area contributed by atoms with Gasteiger partial charge >= 0.3 is 5.91 Å². The van der Waals surface area contributed by atoms with Crippen LogP contribution in [0.15, 0.2) is 20.0 Å². The molecular formula is C5HN4O. The van der Waals surface area contributed by atoms with Crippen molar-refractivity contribution in [3.8, 4) is 0 Å². The second kappa shape index (κ2) is 1.66. The summed E-state index contributed by atoms with van der Waals surface area (Å²) in [5.74, 6) is -0.0984. The first kappa shape index (κ1) is 5.16. The van der Waals surface area contributed by atoms with Gasteiger partial charge in [-0.15, -0.1) is 0 Å². The van der Waals surface area contributed by atoms with Gasteiger partial charge in [-0.1, -0.05) is 0 Å². The fraction of sp³-hybridized carbons (Fsp3) is 0. The van der Waals surface area contributed by atoms with Crippen molar-refractivity contribution in [3.63, 3.8) is 0 Å². The van der Waals surface area contributed by atoms with Crippen LogP contribution in [0.2, 0.25) is 0 Å². The van der Waals surface area contributed by atoms with Crippen molar-refractivity contribution >= 4 is 30.1 Å². The van der Waals surface area contributed by atoms with Crippen molar-refractivity contribution in [2.24, 2.45) is 20.0 Å². The van der Waals surface area contributed by atoms with Gasteiger partial charge in [-0.25, -0.2) is 15.0 Å². The van der Waals surface area contributed by atoms with Gasteiger partial charge in [0.1, 0.15) is 6.34 Å². The SMILES string of the molecule is O=C1N=CN=C2N=[C]N=C12. The molecule has 0 bridgehead atoms. The van der Waals surface area contributed by atoms with Crippen LogP contribution < -0.4 is 0 Å². The van der Waals surface area contributed by atoms with Gasteiger partial charge < -0.3 is 0 Å². The molecule has 2 heterocycles. The van der Waals surface area contributed by atoms with Crippen LogP contribution in [0.5, 0.6) is 0 Å². The number of nitrogens with zero attached hydrogens (tertiary/aromatic N) is 4. The average Bonchev–Trinajstić information content (AvgIpc) is 2.36. The van der Waals surface area contributed by atoms with E-state index in [0.717, 1.165) is 6.34 Å². The lowest BCUT2D eigenvalue weighted by molar-refractivity contribution is -0.111. The molecular weight excluding hydrogens is 132 g/mol. The van der Waals surface area contributed by atoms with Crippen LogP contribution in [0.4, 0.5) is 0 Å². The van der Waals surface area contributed by atoms with Gasteiger partial charge in [-0.3, -0.25) is 4.79 Å². The fourth-order valence-corrected chi connectivity index (χ4v) is 0.656. The summed E-state index contributed by atoms with van der Waals surface area (Å²) in [4.78, 5) is 25.0. The standard InChI is InChI=1S/C5HN4O/c10-5-3-4(7-1-6-3)8-2-9-5/h2H. The Labute approximate surface area is 55.9 Å². The molecule has 10 heavy (non-hydrogen) atoms. The van der Waals surface area contributed by atoms with E-state index in [4.69, 9.17) is 0 Å². The largest absolute Gasteiger partial charge is 0.301 e. The Morgan fingerprint density at radius 3 is 3.20 bits per heavy atom. The second-order valence-corrected chi connectivity index (χ2v) is 1.67. The van der Waals surface area contributed by atoms with Crippen molar-refractivity contribution in [2.45, 2.75) is 0 Å². The molecule has 2 rings (SSSR count). The number of hydrogen-bond acceptors (Lipinski definition) is 4. The maximum absolute atomic E-state index is 10.8. The number of aliphatic imine (C=N–C) groups is 4. The molecule has 0 aromatic rings. The predicted molar refractivity (Wildman–Crippen MR) is 35.8 cm³/mol. The topological polar surface area (TPSA) is 66.5 Å². The van der Waals surface area contributed by atoms with E-state index in [-0.39, 0.29) is 5.71 Å². The minimum absolute atomic E-state index is 0.183. The molecule has 0 fully saturated rings. The van der Waals surface area contributed by atoms with E-state index < -0.39 is 5.91 Å². The summed E-state index contributed by atoms with van der Waals surface area (Å²) in [5, 5.41) is 0. The van der Waals surface area contributed by atoms with Crippen LogP contribution in [0.25, 0.3) is 0 Å². The van der Waals surface area contributed by atoms with Gasteiger partial charge in [-0.05, 0) is 0 Å². The minimum Gasteiger partial charge on any atom is -0.265 e. The van der Waals surface area contributed by atoms with Crippen molar-refractivity contribution in [1.29, 1.82) is 0 Å². The second-order valence-electron chi connectivity index (χ2n) is 1.67. The molecule has 0 aromatic carbocycles. The Morgan fingerprint density at radius 1 is 1.50 bits per heavy atom. The number of amidine groups is 1. The summed E-state index contributed by atoms with van der Waals surface area (Å²) in [6.45, 7) is 0. The average molecular weight is 133 g/mol. The Morgan fingerprint density at radius 2 is 2.40 bits per heavy atom. The zero-order chi connectivity index (χ0) is 6.97. The van der Waals surface area contributed by atoms with E-state index in [2.05, 4.69) is 26.3 Å². The highest BCUT2D eigenvalue weighted by Gasteiger charge is 2.22. The van der Waals surface area contributed by atoms with Gasteiger partial charge in [0.2, 0.25) is 6.34 Å². The first-order chi connectivity index (χ1) is 4.88. The number of rotatable bonds is 0. The van der Waals surface area contributed by atoms with E-state index in [9.17, 15) is 4.79 Å². The van der Waals surface area contributed by atoms with E-state index >= 15 is 0 Å². The van der Waals surface area contributed by atoms with Gasteiger partial charge in [0.25, 0.3) is 0 Å². The van der Waals surface area contributed by atoms with Gasteiger partial charge in [0.05, 0.1) is 0 Å². The molecule has 5 heteroatoms. The van der Waals surface area contributed by atoms with Gasteiger partial charge in [-0.2, -0.15) is 4.99 Å². The Kier molecular flexibility index (Phi) is 0.858. The molecule has 0 unspecified atom stereocenters. The molecule has 2 aliphatic heterocycles. The molecule has 0 N–H and O–H groups in total. The van der Waals surface area contributed by atoms with E-state index in [0.29, 0.717) is 5.84 Å². The number of carbonyl (C=O) groups is 1. The molecule has 0 saturated heterocycles. The van der Waals surface area contributed by atoms with Crippen molar-refractivity contribution < 1.29 is 4.79 Å². The zero-order valence-electron chi connectivity index (χ0n) is 4.77. The van der Waals surface area contributed by atoms with E-state index in [1.807, 2.05) is 0 Å². The number of carbonyl (C=O) groups excluding carboxylic acids is 1.